The number of nitrogens with zero attached hydrogens (tertiary/aromatic N) is 1. The summed E-state index contributed by atoms with van der Waals surface area (Å²) in [5.74, 6) is -1.02. The average molecular weight is 395 g/mol. The zero-order valence-electron chi connectivity index (χ0n) is 13.7. The Kier molecular flexibility index (Phi) is 6.99. The third kappa shape index (κ3) is 6.05. The van der Waals surface area contributed by atoms with Gasteiger partial charge in [-0.2, -0.15) is 0 Å². The van der Waals surface area contributed by atoms with Gasteiger partial charge >= 0.3 is 5.97 Å². The second-order valence-corrected chi connectivity index (χ2v) is 6.69. The predicted molar refractivity (Wildman–Crippen MR) is 99.6 cm³/mol. The monoisotopic (exact) mass is 394 g/mol. The lowest BCUT2D eigenvalue weighted by Gasteiger charge is -2.09. The first-order chi connectivity index (χ1) is 12.3. The van der Waals surface area contributed by atoms with Gasteiger partial charge in [0.1, 0.15) is 0 Å². The predicted octanol–water partition coefficient (Wildman–Crippen LogP) is 3.83. The van der Waals surface area contributed by atoms with E-state index in [0.29, 0.717) is 15.6 Å². The smallest absolute Gasteiger partial charge is 0.316 e. The Labute approximate surface area is 158 Å². The number of nitrogens with one attached hydrogen (secondary N) is 1. The summed E-state index contributed by atoms with van der Waals surface area (Å²) in [5.41, 5.74) is 1.37. The summed E-state index contributed by atoms with van der Waals surface area (Å²) in [7, 11) is 0. The zero-order chi connectivity index (χ0) is 19.1. The van der Waals surface area contributed by atoms with Crippen LogP contribution in [0, 0.1) is 17.0 Å². The molecule has 0 bridgehead atoms. The zero-order valence-corrected chi connectivity index (χ0v) is 15.3. The molecule has 2 aromatic rings. The topological polar surface area (TPSA) is 98.5 Å². The highest BCUT2D eigenvalue weighted by Gasteiger charge is 2.11. The highest BCUT2D eigenvalue weighted by Crippen LogP contribution is 2.22. The summed E-state index contributed by atoms with van der Waals surface area (Å²) in [5, 5.41) is 13.8. The third-order valence-corrected chi connectivity index (χ3v) is 4.45. The van der Waals surface area contributed by atoms with Gasteiger partial charge in [-0.1, -0.05) is 11.6 Å². The lowest BCUT2D eigenvalue weighted by atomic mass is 10.2. The van der Waals surface area contributed by atoms with Crippen LogP contribution < -0.4 is 5.32 Å². The van der Waals surface area contributed by atoms with E-state index in [1.165, 1.54) is 23.9 Å². The van der Waals surface area contributed by atoms with E-state index in [9.17, 15) is 19.7 Å². The third-order valence-electron chi connectivity index (χ3n) is 3.23. The summed E-state index contributed by atoms with van der Waals surface area (Å²) in [6, 6.07) is 10.8. The lowest BCUT2D eigenvalue weighted by Crippen LogP contribution is -2.22. The van der Waals surface area contributed by atoms with Crippen LogP contribution in [0.1, 0.15) is 5.56 Å². The van der Waals surface area contributed by atoms with Gasteiger partial charge in [0.05, 0.1) is 10.7 Å². The molecule has 1 amide bonds. The molecule has 2 rings (SSSR count). The summed E-state index contributed by atoms with van der Waals surface area (Å²) in [6.07, 6.45) is 0. The van der Waals surface area contributed by atoms with Crippen LogP contribution in [0.15, 0.2) is 47.4 Å². The molecule has 0 aromatic heterocycles. The molecule has 0 unspecified atom stereocenters. The fraction of sp³-hybridized carbons (Fsp3) is 0.176. The van der Waals surface area contributed by atoms with Crippen molar-refractivity contribution in [3.63, 3.8) is 0 Å². The number of carbonyl (C=O) groups excluding carboxylic acids is 2. The van der Waals surface area contributed by atoms with Crippen molar-refractivity contribution in [1.82, 2.24) is 0 Å². The van der Waals surface area contributed by atoms with E-state index in [1.54, 1.807) is 37.3 Å². The number of benzene rings is 2. The molecule has 0 heterocycles. The Morgan fingerprint density at radius 2 is 1.92 bits per heavy atom. The molecule has 0 saturated heterocycles. The fourth-order valence-corrected chi connectivity index (χ4v) is 2.87. The normalized spacial score (nSPS) is 10.2. The van der Waals surface area contributed by atoms with Gasteiger partial charge in [0.15, 0.2) is 6.61 Å². The van der Waals surface area contributed by atoms with E-state index in [2.05, 4.69) is 5.32 Å². The SMILES string of the molecule is Cc1cc(Cl)ccc1NC(=O)COC(=O)CSc1ccc([N+](=O)[O-])cc1. The molecule has 0 saturated carbocycles. The number of hydrogen-bond acceptors (Lipinski definition) is 6. The van der Waals surface area contributed by atoms with Crippen molar-refractivity contribution in [1.29, 1.82) is 0 Å². The first-order valence-corrected chi connectivity index (χ1v) is 8.80. The minimum Gasteiger partial charge on any atom is -0.455 e. The maximum atomic E-state index is 11.8. The molecule has 7 nitrogen and oxygen atoms in total. The van der Waals surface area contributed by atoms with Crippen molar-refractivity contribution in [3.05, 3.63) is 63.2 Å². The second kappa shape index (κ2) is 9.21. The summed E-state index contributed by atoms with van der Waals surface area (Å²) in [6.45, 7) is 1.40. The van der Waals surface area contributed by atoms with Crippen LogP contribution in [0.3, 0.4) is 0 Å². The number of esters is 1. The molecule has 1 N–H and O–H groups in total. The Hall–Kier alpha value is -2.58. The molecule has 0 radical (unpaired) electrons. The maximum Gasteiger partial charge on any atom is 0.316 e. The highest BCUT2D eigenvalue weighted by atomic mass is 35.5. The number of amides is 1. The number of nitro groups is 1. The van der Waals surface area contributed by atoms with E-state index in [0.717, 1.165) is 5.56 Å². The molecular formula is C17H15ClN2O5S. The molecule has 0 atom stereocenters. The first kappa shape index (κ1) is 19.7. The molecule has 0 aliphatic heterocycles. The van der Waals surface area contributed by atoms with Crippen LogP contribution in [-0.4, -0.2) is 29.2 Å². The molecule has 0 fully saturated rings. The van der Waals surface area contributed by atoms with E-state index >= 15 is 0 Å². The Bertz CT molecular complexity index is 826. The molecule has 9 heteroatoms. The number of anilines is 1. The van der Waals surface area contributed by atoms with Gasteiger partial charge in [0, 0.05) is 27.7 Å². The second-order valence-electron chi connectivity index (χ2n) is 5.21. The molecule has 0 spiro atoms. The van der Waals surface area contributed by atoms with Gasteiger partial charge in [-0.15, -0.1) is 11.8 Å². The number of carbonyl (C=O) groups is 2. The van der Waals surface area contributed by atoms with E-state index in [4.69, 9.17) is 16.3 Å². The van der Waals surface area contributed by atoms with Crippen molar-refractivity contribution in [2.45, 2.75) is 11.8 Å². The first-order valence-electron chi connectivity index (χ1n) is 7.44. The van der Waals surface area contributed by atoms with Crippen molar-refractivity contribution >= 4 is 46.6 Å². The van der Waals surface area contributed by atoms with Crippen LogP contribution in [-0.2, 0) is 14.3 Å². The van der Waals surface area contributed by atoms with E-state index in [1.807, 2.05) is 0 Å². The Morgan fingerprint density at radius 1 is 1.23 bits per heavy atom. The Morgan fingerprint density at radius 3 is 2.54 bits per heavy atom. The summed E-state index contributed by atoms with van der Waals surface area (Å²) < 4.78 is 4.92. The summed E-state index contributed by atoms with van der Waals surface area (Å²) >= 11 is 7.01. The molecule has 26 heavy (non-hydrogen) atoms. The van der Waals surface area contributed by atoms with Gasteiger partial charge in [0.25, 0.3) is 11.6 Å². The minimum atomic E-state index is -0.559. The van der Waals surface area contributed by atoms with Crippen LogP contribution in [0.4, 0.5) is 11.4 Å². The number of rotatable bonds is 7. The van der Waals surface area contributed by atoms with Crippen molar-refractivity contribution in [2.24, 2.45) is 0 Å². The van der Waals surface area contributed by atoms with E-state index < -0.39 is 23.4 Å². The Balaban J connectivity index is 1.75. The van der Waals surface area contributed by atoms with Gasteiger partial charge in [-0.05, 0) is 42.8 Å². The number of ether oxygens (including phenoxy) is 1. The molecule has 0 aliphatic rings. The van der Waals surface area contributed by atoms with Crippen molar-refractivity contribution in [2.75, 3.05) is 17.7 Å². The van der Waals surface area contributed by atoms with Crippen LogP contribution in [0.25, 0.3) is 0 Å². The number of thioether (sulfide) groups is 1. The minimum absolute atomic E-state index is 0.00887. The highest BCUT2D eigenvalue weighted by molar-refractivity contribution is 8.00. The number of aryl methyl sites for hydroxylation is 1. The maximum absolute atomic E-state index is 11.8. The number of hydrogen-bond donors (Lipinski definition) is 1. The van der Waals surface area contributed by atoms with E-state index in [-0.39, 0.29) is 11.4 Å². The average Bonchev–Trinajstić information content (AvgIpc) is 2.61. The van der Waals surface area contributed by atoms with Crippen LogP contribution in [0.2, 0.25) is 5.02 Å². The number of halogens is 1. The molecule has 2 aromatic carbocycles. The largest absolute Gasteiger partial charge is 0.455 e. The number of non-ortho nitro benzene ring substituents is 1. The molecular weight excluding hydrogens is 380 g/mol. The van der Waals surface area contributed by atoms with Gasteiger partial charge in [0.2, 0.25) is 0 Å². The van der Waals surface area contributed by atoms with Gasteiger partial charge < -0.3 is 10.1 Å². The van der Waals surface area contributed by atoms with Gasteiger partial charge in [-0.25, -0.2) is 0 Å². The quantitative estimate of drug-likeness (QED) is 0.331. The summed E-state index contributed by atoms with van der Waals surface area (Å²) in [4.78, 5) is 34.3. The molecule has 136 valence electrons. The van der Waals surface area contributed by atoms with Crippen LogP contribution >= 0.6 is 23.4 Å². The number of nitro benzene ring substituents is 1. The standard InChI is InChI=1S/C17H15ClN2O5S/c1-11-8-12(18)2-7-15(11)19-16(21)9-25-17(22)10-26-14-5-3-13(4-6-14)20(23)24/h2-8H,9-10H2,1H3,(H,19,21). The van der Waals surface area contributed by atoms with Gasteiger partial charge in [-0.3, -0.25) is 19.7 Å². The molecule has 0 aliphatic carbocycles. The van der Waals surface area contributed by atoms with Crippen LogP contribution in [0.5, 0.6) is 0 Å². The lowest BCUT2D eigenvalue weighted by molar-refractivity contribution is -0.384. The van der Waals surface area contributed by atoms with Crippen molar-refractivity contribution in [3.8, 4) is 0 Å². The van der Waals surface area contributed by atoms with Crippen molar-refractivity contribution < 1.29 is 19.2 Å². The fourth-order valence-electron chi connectivity index (χ4n) is 1.95.